The highest BCUT2D eigenvalue weighted by Crippen LogP contribution is 2.23. The van der Waals surface area contributed by atoms with Gasteiger partial charge in [-0.05, 0) is 50.9 Å². The first kappa shape index (κ1) is 15.3. The molecule has 2 N–H and O–H groups in total. The Labute approximate surface area is 131 Å². The van der Waals surface area contributed by atoms with Crippen molar-refractivity contribution in [2.45, 2.75) is 31.7 Å². The van der Waals surface area contributed by atoms with E-state index in [4.69, 9.17) is 0 Å². The lowest BCUT2D eigenvalue weighted by molar-refractivity contribution is -0.126. The third-order valence-corrected chi connectivity index (χ3v) is 4.67. The smallest absolute Gasteiger partial charge is 0.223 e. The Hall–Kier alpha value is -1.62. The minimum absolute atomic E-state index is 0.121. The van der Waals surface area contributed by atoms with E-state index in [1.54, 1.807) is 6.07 Å². The molecule has 2 fully saturated rings. The van der Waals surface area contributed by atoms with Gasteiger partial charge in [0.05, 0.1) is 5.69 Å². The molecule has 2 heterocycles. The average Bonchev–Trinajstić information content (AvgIpc) is 2.56. The fraction of sp³-hybridized carbons (Fsp3) is 0.588. The summed E-state index contributed by atoms with van der Waals surface area (Å²) in [5, 5.41) is 6.46. The second kappa shape index (κ2) is 7.09. The fourth-order valence-electron chi connectivity index (χ4n) is 3.43. The maximum absolute atomic E-state index is 13.9. The number of amides is 1. The van der Waals surface area contributed by atoms with Crippen molar-refractivity contribution in [2.75, 3.05) is 31.1 Å². The molecule has 1 aromatic carbocycles. The SMILES string of the molecule is O=C(NC1CCCN(c2ccccc2F)C1)C1CCNCC1. The molecule has 0 bridgehead atoms. The van der Waals surface area contributed by atoms with Crippen molar-refractivity contribution in [2.24, 2.45) is 5.92 Å². The third kappa shape index (κ3) is 3.58. The summed E-state index contributed by atoms with van der Waals surface area (Å²) >= 11 is 0. The van der Waals surface area contributed by atoms with Crippen LogP contribution in [0.15, 0.2) is 24.3 Å². The first-order chi connectivity index (χ1) is 10.7. The molecule has 1 aromatic rings. The minimum atomic E-state index is -0.187. The Bertz CT molecular complexity index is 516. The molecular weight excluding hydrogens is 281 g/mol. The van der Waals surface area contributed by atoms with Crippen LogP contribution in [0.25, 0.3) is 0 Å². The summed E-state index contributed by atoms with van der Waals surface area (Å²) in [6, 6.07) is 6.99. The second-order valence-electron chi connectivity index (χ2n) is 6.27. The van der Waals surface area contributed by atoms with E-state index in [0.717, 1.165) is 45.3 Å². The van der Waals surface area contributed by atoms with E-state index in [9.17, 15) is 9.18 Å². The zero-order chi connectivity index (χ0) is 15.4. The normalized spacial score (nSPS) is 23.3. The van der Waals surface area contributed by atoms with Gasteiger partial charge in [-0.3, -0.25) is 4.79 Å². The van der Waals surface area contributed by atoms with Gasteiger partial charge in [0.15, 0.2) is 0 Å². The van der Waals surface area contributed by atoms with Gasteiger partial charge in [-0.25, -0.2) is 4.39 Å². The Morgan fingerprint density at radius 3 is 2.77 bits per heavy atom. The average molecular weight is 305 g/mol. The van der Waals surface area contributed by atoms with Gasteiger partial charge in [0.1, 0.15) is 5.82 Å². The molecule has 120 valence electrons. The van der Waals surface area contributed by atoms with Gasteiger partial charge in [0.2, 0.25) is 5.91 Å². The highest BCUT2D eigenvalue weighted by molar-refractivity contribution is 5.79. The van der Waals surface area contributed by atoms with Crippen LogP contribution in [0.5, 0.6) is 0 Å². The molecule has 1 unspecified atom stereocenters. The van der Waals surface area contributed by atoms with E-state index in [-0.39, 0.29) is 23.7 Å². The number of piperidine rings is 2. The Kier molecular flexibility index (Phi) is 4.93. The zero-order valence-electron chi connectivity index (χ0n) is 12.9. The maximum Gasteiger partial charge on any atom is 0.223 e. The van der Waals surface area contributed by atoms with E-state index in [1.165, 1.54) is 6.07 Å². The lowest BCUT2D eigenvalue weighted by atomic mass is 9.96. The molecule has 5 heteroatoms. The summed E-state index contributed by atoms with van der Waals surface area (Å²) in [4.78, 5) is 14.4. The molecule has 0 saturated carbocycles. The summed E-state index contributed by atoms with van der Waals surface area (Å²) < 4.78 is 13.9. The molecular formula is C17H24FN3O. The molecule has 4 nitrogen and oxygen atoms in total. The van der Waals surface area contributed by atoms with Crippen LogP contribution in [0.1, 0.15) is 25.7 Å². The van der Waals surface area contributed by atoms with E-state index in [0.29, 0.717) is 12.2 Å². The quantitative estimate of drug-likeness (QED) is 0.896. The van der Waals surface area contributed by atoms with Crippen LogP contribution >= 0.6 is 0 Å². The van der Waals surface area contributed by atoms with Crippen LogP contribution in [0.4, 0.5) is 10.1 Å². The summed E-state index contributed by atoms with van der Waals surface area (Å²) in [5.74, 6) is 0.111. The Morgan fingerprint density at radius 1 is 1.23 bits per heavy atom. The highest BCUT2D eigenvalue weighted by atomic mass is 19.1. The van der Waals surface area contributed by atoms with Crippen LogP contribution in [-0.2, 0) is 4.79 Å². The van der Waals surface area contributed by atoms with E-state index in [1.807, 2.05) is 17.0 Å². The van der Waals surface area contributed by atoms with Crippen molar-refractivity contribution < 1.29 is 9.18 Å². The van der Waals surface area contributed by atoms with Crippen molar-refractivity contribution in [3.63, 3.8) is 0 Å². The molecule has 0 radical (unpaired) electrons. The number of carbonyl (C=O) groups excluding carboxylic acids is 1. The lowest BCUT2D eigenvalue weighted by Crippen LogP contribution is -2.50. The number of benzene rings is 1. The number of hydrogen-bond acceptors (Lipinski definition) is 3. The Balaban J connectivity index is 1.58. The lowest BCUT2D eigenvalue weighted by Gasteiger charge is -2.35. The van der Waals surface area contributed by atoms with Crippen LogP contribution in [0.3, 0.4) is 0 Å². The van der Waals surface area contributed by atoms with Gasteiger partial charge >= 0.3 is 0 Å². The number of rotatable bonds is 3. The molecule has 2 saturated heterocycles. The largest absolute Gasteiger partial charge is 0.367 e. The molecule has 0 aromatic heterocycles. The number of nitrogens with zero attached hydrogens (tertiary/aromatic N) is 1. The van der Waals surface area contributed by atoms with Crippen molar-refractivity contribution in [1.29, 1.82) is 0 Å². The summed E-state index contributed by atoms with van der Waals surface area (Å²) in [6.07, 6.45) is 3.78. The van der Waals surface area contributed by atoms with E-state index in [2.05, 4.69) is 10.6 Å². The molecule has 22 heavy (non-hydrogen) atoms. The number of halogens is 1. The summed E-state index contributed by atoms with van der Waals surface area (Å²) in [6.45, 7) is 3.38. The van der Waals surface area contributed by atoms with Gasteiger partial charge in [-0.1, -0.05) is 12.1 Å². The molecule has 0 aliphatic carbocycles. The van der Waals surface area contributed by atoms with Gasteiger partial charge in [-0.15, -0.1) is 0 Å². The third-order valence-electron chi connectivity index (χ3n) is 4.67. The number of nitrogens with one attached hydrogen (secondary N) is 2. The van der Waals surface area contributed by atoms with Gasteiger partial charge in [0.25, 0.3) is 0 Å². The van der Waals surface area contributed by atoms with Gasteiger partial charge < -0.3 is 15.5 Å². The predicted molar refractivity (Wildman–Crippen MR) is 85.4 cm³/mol. The molecule has 1 atom stereocenters. The number of para-hydroxylation sites is 1. The minimum Gasteiger partial charge on any atom is -0.367 e. The number of anilines is 1. The number of hydrogen-bond donors (Lipinski definition) is 2. The molecule has 2 aliphatic rings. The Morgan fingerprint density at radius 2 is 2.00 bits per heavy atom. The van der Waals surface area contributed by atoms with Crippen molar-refractivity contribution >= 4 is 11.6 Å². The summed E-state index contributed by atoms with van der Waals surface area (Å²) in [7, 11) is 0. The van der Waals surface area contributed by atoms with Gasteiger partial charge in [0, 0.05) is 25.0 Å². The van der Waals surface area contributed by atoms with Crippen LogP contribution < -0.4 is 15.5 Å². The monoisotopic (exact) mass is 305 g/mol. The fourth-order valence-corrected chi connectivity index (χ4v) is 3.43. The van der Waals surface area contributed by atoms with Crippen molar-refractivity contribution in [1.82, 2.24) is 10.6 Å². The van der Waals surface area contributed by atoms with Crippen molar-refractivity contribution in [3.05, 3.63) is 30.1 Å². The zero-order valence-corrected chi connectivity index (χ0v) is 12.9. The molecule has 0 spiro atoms. The number of carbonyl (C=O) groups is 1. The van der Waals surface area contributed by atoms with Crippen LogP contribution in [0.2, 0.25) is 0 Å². The van der Waals surface area contributed by atoms with E-state index < -0.39 is 0 Å². The predicted octanol–water partition coefficient (Wildman–Crippen LogP) is 1.91. The summed E-state index contributed by atoms with van der Waals surface area (Å²) in [5.41, 5.74) is 0.642. The van der Waals surface area contributed by atoms with E-state index >= 15 is 0 Å². The molecule has 3 rings (SSSR count). The second-order valence-corrected chi connectivity index (χ2v) is 6.27. The first-order valence-electron chi connectivity index (χ1n) is 8.24. The topological polar surface area (TPSA) is 44.4 Å². The standard InChI is InChI=1S/C17H24FN3O/c18-15-5-1-2-6-16(15)21-11-3-4-14(12-21)20-17(22)13-7-9-19-10-8-13/h1-2,5-6,13-14,19H,3-4,7-12H2,(H,20,22). The van der Waals surface area contributed by atoms with Crippen molar-refractivity contribution in [3.8, 4) is 0 Å². The van der Waals surface area contributed by atoms with Crippen LogP contribution in [0, 0.1) is 11.7 Å². The van der Waals surface area contributed by atoms with Gasteiger partial charge in [-0.2, -0.15) is 0 Å². The molecule has 1 amide bonds. The first-order valence-corrected chi connectivity index (χ1v) is 8.24. The molecule has 2 aliphatic heterocycles. The highest BCUT2D eigenvalue weighted by Gasteiger charge is 2.26. The van der Waals surface area contributed by atoms with Crippen LogP contribution in [-0.4, -0.2) is 38.1 Å². The maximum atomic E-state index is 13.9.